The molecule has 0 amide bonds. The zero-order valence-electron chi connectivity index (χ0n) is 8.71. The van der Waals surface area contributed by atoms with E-state index in [1.54, 1.807) is 18.2 Å². The molecule has 5 N–H and O–H groups in total. The molecule has 2 atom stereocenters. The molecule has 0 heterocycles. The first-order valence-electron chi connectivity index (χ1n) is 4.87. The van der Waals surface area contributed by atoms with Crippen molar-refractivity contribution in [2.24, 2.45) is 5.73 Å². The van der Waals surface area contributed by atoms with Crippen LogP contribution in [0, 0.1) is 0 Å². The number of hydrogen-bond donors (Lipinski definition) is 4. The maximum Gasteiger partial charge on any atom is 0.326 e. The molecule has 16 heavy (non-hydrogen) atoms. The SMILES string of the molecule is N[C@@H](CC1([B]O)C=CC([B]O)=CC1)C(=O)O. The first-order valence-corrected chi connectivity index (χ1v) is 4.87. The van der Waals surface area contributed by atoms with Gasteiger partial charge >= 0.3 is 13.5 Å². The highest BCUT2D eigenvalue weighted by Gasteiger charge is 2.33. The van der Waals surface area contributed by atoms with Crippen molar-refractivity contribution < 1.29 is 19.9 Å². The monoisotopic (exact) mass is 221 g/mol. The molecule has 84 valence electrons. The van der Waals surface area contributed by atoms with Gasteiger partial charge in [-0.05, 0) is 18.2 Å². The smallest absolute Gasteiger partial charge is 0.326 e. The van der Waals surface area contributed by atoms with Gasteiger partial charge in [-0.3, -0.25) is 4.79 Å². The molecule has 0 aromatic heterocycles. The van der Waals surface area contributed by atoms with Crippen molar-refractivity contribution in [1.82, 2.24) is 0 Å². The summed E-state index contributed by atoms with van der Waals surface area (Å²) in [4.78, 5) is 10.6. The van der Waals surface area contributed by atoms with E-state index in [4.69, 9.17) is 15.9 Å². The van der Waals surface area contributed by atoms with Gasteiger partial charge in [0.05, 0.1) is 0 Å². The third-order valence-corrected chi connectivity index (χ3v) is 2.65. The second-order valence-electron chi connectivity index (χ2n) is 3.88. The Kier molecular flexibility index (Phi) is 4.35. The second kappa shape index (κ2) is 5.34. The molecule has 0 aromatic rings. The van der Waals surface area contributed by atoms with E-state index in [-0.39, 0.29) is 6.42 Å². The Balaban J connectivity index is 2.72. The van der Waals surface area contributed by atoms with Crippen LogP contribution < -0.4 is 5.73 Å². The summed E-state index contributed by atoms with van der Waals surface area (Å²) in [7, 11) is 1.91. The zero-order chi connectivity index (χ0) is 12.2. The summed E-state index contributed by atoms with van der Waals surface area (Å²) in [5.41, 5.74) is 6.06. The Morgan fingerprint density at radius 1 is 1.62 bits per heavy atom. The van der Waals surface area contributed by atoms with Crippen LogP contribution >= 0.6 is 0 Å². The minimum Gasteiger partial charge on any atom is -0.480 e. The van der Waals surface area contributed by atoms with Crippen molar-refractivity contribution in [2.75, 3.05) is 0 Å². The number of carboxylic acid groups (broad SMARTS) is 1. The van der Waals surface area contributed by atoms with Gasteiger partial charge in [0.15, 0.2) is 0 Å². The van der Waals surface area contributed by atoms with Gasteiger partial charge in [0.2, 0.25) is 0 Å². The van der Waals surface area contributed by atoms with E-state index in [1.807, 2.05) is 0 Å². The molecule has 1 rings (SSSR count). The van der Waals surface area contributed by atoms with Crippen LogP contribution in [-0.2, 0) is 4.79 Å². The van der Waals surface area contributed by atoms with Crippen molar-refractivity contribution in [3.63, 3.8) is 0 Å². The van der Waals surface area contributed by atoms with E-state index < -0.39 is 17.3 Å². The van der Waals surface area contributed by atoms with Gasteiger partial charge in [0.1, 0.15) is 6.04 Å². The molecule has 0 bridgehead atoms. The van der Waals surface area contributed by atoms with Crippen LogP contribution in [0.25, 0.3) is 0 Å². The van der Waals surface area contributed by atoms with Crippen molar-refractivity contribution in [1.29, 1.82) is 0 Å². The van der Waals surface area contributed by atoms with E-state index in [1.165, 1.54) is 0 Å². The average molecular weight is 221 g/mol. The van der Waals surface area contributed by atoms with E-state index in [9.17, 15) is 9.82 Å². The number of carbonyl (C=O) groups is 1. The van der Waals surface area contributed by atoms with Gasteiger partial charge in [-0.25, -0.2) is 0 Å². The summed E-state index contributed by atoms with van der Waals surface area (Å²) in [5.74, 6) is -1.10. The van der Waals surface area contributed by atoms with Crippen molar-refractivity contribution in [2.45, 2.75) is 24.2 Å². The van der Waals surface area contributed by atoms with Crippen LogP contribution in [0.1, 0.15) is 12.8 Å². The molecule has 5 nitrogen and oxygen atoms in total. The molecule has 1 aliphatic rings. The predicted octanol–water partition coefficient (Wildman–Crippen LogP) is -0.986. The van der Waals surface area contributed by atoms with E-state index in [0.717, 1.165) is 15.0 Å². The van der Waals surface area contributed by atoms with Gasteiger partial charge in [-0.1, -0.05) is 23.7 Å². The highest BCUT2D eigenvalue weighted by atomic mass is 16.4. The largest absolute Gasteiger partial charge is 0.480 e. The van der Waals surface area contributed by atoms with Gasteiger partial charge in [-0.15, -0.1) is 0 Å². The average Bonchev–Trinajstić information content (AvgIpc) is 2.29. The number of allylic oxidation sites excluding steroid dienone is 4. The molecule has 1 aliphatic carbocycles. The first kappa shape index (κ1) is 13.0. The summed E-state index contributed by atoms with van der Waals surface area (Å²) < 4.78 is 0. The van der Waals surface area contributed by atoms with Crippen LogP contribution in [0.4, 0.5) is 0 Å². The molecule has 0 fully saturated rings. The van der Waals surface area contributed by atoms with Gasteiger partial charge in [0.25, 0.3) is 7.48 Å². The van der Waals surface area contributed by atoms with E-state index >= 15 is 0 Å². The number of aliphatic carboxylic acids is 1. The quantitative estimate of drug-likeness (QED) is 0.446. The molecular formula is C9H13B2NO4. The second-order valence-corrected chi connectivity index (χ2v) is 3.88. The third kappa shape index (κ3) is 2.98. The standard InChI is InChI=1S/C9H13B2NO4/c12-7(8(13)14)5-9(11-16)3-1-6(10-15)2-4-9/h1-3,7,15-16H,4-5,12H2,(H,13,14)/t7-,9?/m0/s1. The van der Waals surface area contributed by atoms with Crippen molar-refractivity contribution in [3.05, 3.63) is 23.7 Å². The van der Waals surface area contributed by atoms with Crippen molar-refractivity contribution in [3.8, 4) is 0 Å². The zero-order valence-corrected chi connectivity index (χ0v) is 8.71. The fourth-order valence-electron chi connectivity index (χ4n) is 1.60. The Morgan fingerprint density at radius 3 is 2.69 bits per heavy atom. The van der Waals surface area contributed by atoms with Gasteiger partial charge in [-0.2, -0.15) is 0 Å². The lowest BCUT2D eigenvalue weighted by molar-refractivity contribution is -0.138. The Bertz CT molecular complexity index is 331. The molecule has 7 heteroatoms. The lowest BCUT2D eigenvalue weighted by atomic mass is 9.56. The molecule has 0 spiro atoms. The van der Waals surface area contributed by atoms with Crippen LogP contribution in [0.2, 0.25) is 5.31 Å². The van der Waals surface area contributed by atoms with Gasteiger partial charge < -0.3 is 20.9 Å². The maximum atomic E-state index is 10.6. The number of carboxylic acids is 1. The molecule has 0 aliphatic heterocycles. The van der Waals surface area contributed by atoms with E-state index in [0.29, 0.717) is 11.9 Å². The Labute approximate surface area is 95.2 Å². The minimum absolute atomic E-state index is 0.116. The van der Waals surface area contributed by atoms with Crippen LogP contribution in [0.15, 0.2) is 23.7 Å². The summed E-state index contributed by atoms with van der Waals surface area (Å²) in [6.07, 6.45) is 5.50. The molecule has 0 aromatic carbocycles. The van der Waals surface area contributed by atoms with Crippen LogP contribution in [0.5, 0.6) is 0 Å². The molecular weight excluding hydrogens is 208 g/mol. The highest BCUT2D eigenvalue weighted by molar-refractivity contribution is 6.38. The Morgan fingerprint density at radius 2 is 2.31 bits per heavy atom. The van der Waals surface area contributed by atoms with Crippen LogP contribution in [0.3, 0.4) is 0 Å². The number of nitrogens with two attached hydrogens (primary N) is 1. The van der Waals surface area contributed by atoms with Crippen molar-refractivity contribution >= 4 is 20.9 Å². The predicted molar refractivity (Wildman–Crippen MR) is 60.7 cm³/mol. The number of hydrogen-bond acceptors (Lipinski definition) is 4. The topological polar surface area (TPSA) is 104 Å². The fourth-order valence-corrected chi connectivity index (χ4v) is 1.60. The van der Waals surface area contributed by atoms with E-state index in [2.05, 4.69) is 0 Å². The summed E-state index contributed by atoms with van der Waals surface area (Å²) >= 11 is 0. The third-order valence-electron chi connectivity index (χ3n) is 2.65. The minimum atomic E-state index is -1.10. The molecule has 1 unspecified atom stereocenters. The first-order chi connectivity index (χ1) is 7.53. The number of rotatable bonds is 5. The lowest BCUT2D eigenvalue weighted by Gasteiger charge is -2.30. The van der Waals surface area contributed by atoms with Gasteiger partial charge in [0, 0.05) is 0 Å². The highest BCUT2D eigenvalue weighted by Crippen LogP contribution is 2.39. The maximum absolute atomic E-state index is 10.6. The molecule has 0 saturated carbocycles. The summed E-state index contributed by atoms with van der Waals surface area (Å²) in [5, 5.41) is 25.9. The Hall–Kier alpha value is -1.04. The fraction of sp³-hybridized carbons (Fsp3) is 0.444. The summed E-state index contributed by atoms with van der Waals surface area (Å²) in [6.45, 7) is 0. The normalized spacial score (nSPS) is 25.8. The molecule has 0 saturated heterocycles. The van der Waals surface area contributed by atoms with Crippen LogP contribution in [-0.4, -0.2) is 42.1 Å². The summed E-state index contributed by atoms with van der Waals surface area (Å²) in [6, 6.07) is -1.03. The lowest BCUT2D eigenvalue weighted by Crippen LogP contribution is -2.36. The molecule has 2 radical (unpaired) electrons.